The van der Waals surface area contributed by atoms with Gasteiger partial charge in [0, 0.05) is 55.4 Å². The second-order valence-electron chi connectivity index (χ2n) is 7.66. The van der Waals surface area contributed by atoms with E-state index in [1.807, 2.05) is 18.2 Å². The molecule has 0 unspecified atom stereocenters. The van der Waals surface area contributed by atoms with Gasteiger partial charge in [-0.1, -0.05) is 6.92 Å². The van der Waals surface area contributed by atoms with Crippen molar-refractivity contribution in [1.82, 2.24) is 24.5 Å². The predicted molar refractivity (Wildman–Crippen MR) is 123 cm³/mol. The lowest BCUT2D eigenvalue weighted by molar-refractivity contribution is 0.271. The highest BCUT2D eigenvalue weighted by atomic mass is 16.1. The summed E-state index contributed by atoms with van der Waals surface area (Å²) in [7, 11) is 0. The molecule has 3 aromatic heterocycles. The zero-order chi connectivity index (χ0) is 21.2. The summed E-state index contributed by atoms with van der Waals surface area (Å²) < 4.78 is 1.75. The summed E-state index contributed by atoms with van der Waals surface area (Å²) in [6.07, 6.45) is 3.16. The average Bonchev–Trinajstić information content (AvgIpc) is 3.30. The first-order chi connectivity index (χ1) is 15.2. The molecule has 0 aliphatic carbocycles. The molecule has 5 rings (SSSR count). The monoisotopic (exact) mass is 415 g/mol. The van der Waals surface area contributed by atoms with Crippen molar-refractivity contribution in [2.24, 2.45) is 0 Å². The number of aromatic nitrogens is 4. The van der Waals surface area contributed by atoms with E-state index in [-0.39, 0.29) is 5.56 Å². The Morgan fingerprint density at radius 1 is 1.03 bits per heavy atom. The van der Waals surface area contributed by atoms with Crippen LogP contribution in [0.4, 0.5) is 17.1 Å². The largest absolute Gasteiger partial charge is 0.369 e. The lowest BCUT2D eigenvalue weighted by atomic mass is 10.1. The molecular formula is C23H25N7O. The fourth-order valence-electron chi connectivity index (χ4n) is 4.06. The topological polar surface area (TPSA) is 81.6 Å². The molecule has 2 N–H and O–H groups in total. The van der Waals surface area contributed by atoms with Gasteiger partial charge < -0.3 is 20.1 Å². The second kappa shape index (κ2) is 8.23. The number of nitrogens with one attached hydrogen (secondary N) is 2. The van der Waals surface area contributed by atoms with Gasteiger partial charge in [-0.05, 0) is 49.0 Å². The molecule has 0 spiro atoms. The molecule has 1 fully saturated rings. The molecule has 1 aromatic carbocycles. The quantitative estimate of drug-likeness (QED) is 0.522. The molecule has 8 heteroatoms. The van der Waals surface area contributed by atoms with Crippen LogP contribution in [0.2, 0.25) is 0 Å². The standard InChI is InChI=1S/C23H25N7O/c1-2-28-11-13-29(14-12-28)19-5-3-18(4-6-19)27-20-7-8-21(30-23(20)25-16-26-30)17-9-10-24-22(31)15-17/h3-10,15-16,27H,2,11-14H2,1H3,(H,24,31). The minimum absolute atomic E-state index is 0.149. The van der Waals surface area contributed by atoms with Crippen LogP contribution in [0.5, 0.6) is 0 Å². The summed E-state index contributed by atoms with van der Waals surface area (Å²) in [6, 6.07) is 15.8. The van der Waals surface area contributed by atoms with Crippen LogP contribution in [0.1, 0.15) is 6.92 Å². The molecule has 0 atom stereocenters. The summed E-state index contributed by atoms with van der Waals surface area (Å²) >= 11 is 0. The van der Waals surface area contributed by atoms with Crippen LogP contribution in [0.15, 0.2) is 65.8 Å². The van der Waals surface area contributed by atoms with E-state index in [9.17, 15) is 4.79 Å². The second-order valence-corrected chi connectivity index (χ2v) is 7.66. The van der Waals surface area contributed by atoms with Crippen LogP contribution in [0.25, 0.3) is 16.9 Å². The number of benzene rings is 1. The number of pyridine rings is 2. The van der Waals surface area contributed by atoms with Crippen molar-refractivity contribution in [2.45, 2.75) is 6.92 Å². The van der Waals surface area contributed by atoms with Crippen LogP contribution in [0, 0.1) is 0 Å². The number of rotatable bonds is 5. The van der Waals surface area contributed by atoms with E-state index in [2.05, 4.69) is 61.4 Å². The molecule has 1 aliphatic heterocycles. The van der Waals surface area contributed by atoms with Crippen molar-refractivity contribution in [2.75, 3.05) is 42.9 Å². The number of fused-ring (bicyclic) bond motifs is 1. The third-order valence-corrected chi connectivity index (χ3v) is 5.83. The number of hydrogen-bond acceptors (Lipinski definition) is 6. The highest BCUT2D eigenvalue weighted by Gasteiger charge is 2.16. The van der Waals surface area contributed by atoms with E-state index >= 15 is 0 Å². The minimum atomic E-state index is -0.149. The third kappa shape index (κ3) is 3.89. The number of hydrogen-bond donors (Lipinski definition) is 2. The van der Waals surface area contributed by atoms with E-state index in [4.69, 9.17) is 0 Å². The predicted octanol–water partition coefficient (Wildman–Crippen LogP) is 2.97. The first-order valence-corrected chi connectivity index (χ1v) is 10.6. The molecule has 0 amide bonds. The van der Waals surface area contributed by atoms with Crippen LogP contribution in [-0.2, 0) is 0 Å². The highest BCUT2D eigenvalue weighted by molar-refractivity contribution is 5.77. The fourth-order valence-corrected chi connectivity index (χ4v) is 4.06. The van der Waals surface area contributed by atoms with Crippen LogP contribution >= 0.6 is 0 Å². The fraction of sp³-hybridized carbons (Fsp3) is 0.261. The maximum Gasteiger partial charge on any atom is 0.248 e. The lowest BCUT2D eigenvalue weighted by Gasteiger charge is -2.35. The summed E-state index contributed by atoms with van der Waals surface area (Å²) in [4.78, 5) is 23.7. The van der Waals surface area contributed by atoms with Crippen LogP contribution < -0.4 is 15.8 Å². The van der Waals surface area contributed by atoms with Gasteiger partial charge >= 0.3 is 0 Å². The summed E-state index contributed by atoms with van der Waals surface area (Å²) in [5, 5.41) is 7.81. The van der Waals surface area contributed by atoms with Crippen molar-refractivity contribution >= 4 is 22.7 Å². The van der Waals surface area contributed by atoms with E-state index < -0.39 is 0 Å². The highest BCUT2D eigenvalue weighted by Crippen LogP contribution is 2.27. The molecule has 1 saturated heterocycles. The lowest BCUT2D eigenvalue weighted by Crippen LogP contribution is -2.46. The summed E-state index contributed by atoms with van der Waals surface area (Å²) in [5.41, 5.74) is 5.25. The van der Waals surface area contributed by atoms with Gasteiger partial charge in [-0.2, -0.15) is 5.10 Å². The molecule has 0 bridgehead atoms. The normalized spacial score (nSPS) is 14.8. The van der Waals surface area contributed by atoms with Gasteiger partial charge in [-0.15, -0.1) is 0 Å². The smallest absolute Gasteiger partial charge is 0.248 e. The zero-order valence-electron chi connectivity index (χ0n) is 17.5. The van der Waals surface area contributed by atoms with Crippen molar-refractivity contribution in [1.29, 1.82) is 0 Å². The number of anilines is 3. The van der Waals surface area contributed by atoms with E-state index in [0.717, 1.165) is 55.4 Å². The van der Waals surface area contributed by atoms with E-state index in [1.54, 1.807) is 16.8 Å². The molecule has 0 saturated carbocycles. The van der Waals surface area contributed by atoms with E-state index in [1.165, 1.54) is 12.0 Å². The SMILES string of the molecule is CCN1CCN(c2ccc(Nc3ccc(-c4cc[nH]c(=O)c4)n4ncnc34)cc2)CC1. The van der Waals surface area contributed by atoms with Crippen molar-refractivity contribution in [3.05, 3.63) is 71.4 Å². The average molecular weight is 416 g/mol. The van der Waals surface area contributed by atoms with Crippen LogP contribution in [-0.4, -0.2) is 57.2 Å². The maximum atomic E-state index is 11.7. The first-order valence-electron chi connectivity index (χ1n) is 10.6. The zero-order valence-corrected chi connectivity index (χ0v) is 17.5. The maximum absolute atomic E-state index is 11.7. The van der Waals surface area contributed by atoms with Gasteiger partial charge in [0.1, 0.15) is 6.33 Å². The molecule has 158 valence electrons. The van der Waals surface area contributed by atoms with Gasteiger partial charge in [0.25, 0.3) is 0 Å². The number of piperazine rings is 1. The third-order valence-electron chi connectivity index (χ3n) is 5.83. The minimum Gasteiger partial charge on any atom is -0.369 e. The molecule has 4 aromatic rings. The molecule has 0 radical (unpaired) electrons. The Bertz CT molecular complexity index is 1240. The van der Waals surface area contributed by atoms with E-state index in [0.29, 0.717) is 5.65 Å². The number of H-pyrrole nitrogens is 1. The summed E-state index contributed by atoms with van der Waals surface area (Å²) in [5.74, 6) is 0. The van der Waals surface area contributed by atoms with Gasteiger partial charge in [0.05, 0.1) is 11.4 Å². The van der Waals surface area contributed by atoms with Crippen LogP contribution in [0.3, 0.4) is 0 Å². The Morgan fingerprint density at radius 3 is 2.58 bits per heavy atom. The Balaban J connectivity index is 1.37. The number of aromatic amines is 1. The molecule has 1 aliphatic rings. The molecule has 4 heterocycles. The molecule has 8 nitrogen and oxygen atoms in total. The summed E-state index contributed by atoms with van der Waals surface area (Å²) in [6.45, 7) is 7.68. The van der Waals surface area contributed by atoms with Gasteiger partial charge in [0.15, 0.2) is 5.65 Å². The molecule has 31 heavy (non-hydrogen) atoms. The number of nitrogens with zero attached hydrogens (tertiary/aromatic N) is 5. The number of likely N-dealkylation sites (N-methyl/N-ethyl adjacent to an activating group) is 1. The Kier molecular flexibility index (Phi) is 5.13. The Labute approximate surface area is 180 Å². The van der Waals surface area contributed by atoms with Gasteiger partial charge in [-0.25, -0.2) is 9.50 Å². The van der Waals surface area contributed by atoms with Crippen molar-refractivity contribution < 1.29 is 0 Å². The Morgan fingerprint density at radius 2 is 1.84 bits per heavy atom. The van der Waals surface area contributed by atoms with Crippen molar-refractivity contribution in [3.8, 4) is 11.3 Å². The first kappa shape index (κ1) is 19.3. The van der Waals surface area contributed by atoms with Gasteiger partial charge in [-0.3, -0.25) is 4.79 Å². The van der Waals surface area contributed by atoms with Gasteiger partial charge in [0.2, 0.25) is 5.56 Å². The van der Waals surface area contributed by atoms with Crippen molar-refractivity contribution in [3.63, 3.8) is 0 Å². The molecular weight excluding hydrogens is 390 g/mol. The Hall–Kier alpha value is -3.65.